The lowest BCUT2D eigenvalue weighted by Gasteiger charge is -2.15. The van der Waals surface area contributed by atoms with E-state index in [0.717, 1.165) is 24.1 Å². The smallest absolute Gasteiger partial charge is 0.0528 e. The van der Waals surface area contributed by atoms with Crippen LogP contribution in [0, 0.1) is 5.41 Å². The second kappa shape index (κ2) is 3.16. The zero-order valence-electron chi connectivity index (χ0n) is 5.98. The Labute approximate surface area is 63.6 Å². The zero-order valence-corrected chi connectivity index (χ0v) is 7.14. The van der Waals surface area contributed by atoms with Crippen LogP contribution in [0.2, 0.25) is 0 Å². The van der Waals surface area contributed by atoms with Crippen LogP contribution in [0.25, 0.3) is 0 Å². The van der Waals surface area contributed by atoms with E-state index in [2.05, 4.69) is 9.24 Å². The van der Waals surface area contributed by atoms with Crippen molar-refractivity contribution in [3.63, 3.8) is 0 Å². The van der Waals surface area contributed by atoms with Gasteiger partial charge in [-0.3, -0.25) is 0 Å². The van der Waals surface area contributed by atoms with Gasteiger partial charge in [-0.05, 0) is 31.3 Å². The van der Waals surface area contributed by atoms with Gasteiger partial charge in [0.15, 0.2) is 0 Å². The molecule has 0 aromatic rings. The first kappa shape index (κ1) is 7.74. The molecule has 0 saturated carbocycles. The van der Waals surface area contributed by atoms with Crippen molar-refractivity contribution in [2.24, 2.45) is 5.73 Å². The van der Waals surface area contributed by atoms with Gasteiger partial charge in [0.25, 0.3) is 0 Å². The van der Waals surface area contributed by atoms with Crippen LogP contribution in [0.15, 0.2) is 11.3 Å². The Kier molecular flexibility index (Phi) is 2.44. The van der Waals surface area contributed by atoms with Gasteiger partial charge in [0, 0.05) is 5.70 Å². The zero-order chi connectivity index (χ0) is 7.56. The molecule has 3 heteroatoms. The van der Waals surface area contributed by atoms with Gasteiger partial charge < -0.3 is 11.1 Å². The van der Waals surface area contributed by atoms with E-state index in [1.165, 1.54) is 12.8 Å². The van der Waals surface area contributed by atoms with Gasteiger partial charge in [-0.25, -0.2) is 0 Å². The Bertz CT molecular complexity index is 184. The molecule has 56 valence electrons. The molecule has 3 N–H and O–H groups in total. The number of rotatable bonds is 1. The maximum Gasteiger partial charge on any atom is 0.0528 e. The van der Waals surface area contributed by atoms with E-state index in [-0.39, 0.29) is 0 Å². The highest BCUT2D eigenvalue weighted by atomic mass is 31.0. The molecule has 0 radical (unpaired) electrons. The minimum atomic E-state index is 0.567. The van der Waals surface area contributed by atoms with Crippen LogP contribution in [0.1, 0.15) is 25.7 Å². The normalized spacial score (nSPS) is 19.3. The first-order valence-corrected chi connectivity index (χ1v) is 4.11. The van der Waals surface area contributed by atoms with Crippen LogP contribution >= 0.6 is 9.24 Å². The van der Waals surface area contributed by atoms with Crippen molar-refractivity contribution in [3.05, 3.63) is 11.3 Å². The van der Waals surface area contributed by atoms with Crippen molar-refractivity contribution >= 4 is 14.7 Å². The lowest BCUT2D eigenvalue weighted by atomic mass is 9.97. The Balaban J connectivity index is 2.78. The average molecular weight is 156 g/mol. The molecule has 10 heavy (non-hydrogen) atoms. The van der Waals surface area contributed by atoms with E-state index in [1.807, 2.05) is 0 Å². The molecule has 0 fully saturated rings. The minimum absolute atomic E-state index is 0.567. The molecule has 0 spiro atoms. The Morgan fingerprint density at radius 1 is 1.40 bits per heavy atom. The predicted molar refractivity (Wildman–Crippen MR) is 47.1 cm³/mol. The fraction of sp³-hybridized carbons (Fsp3) is 0.571. The average Bonchev–Trinajstić information content (AvgIpc) is 1.88. The summed E-state index contributed by atoms with van der Waals surface area (Å²) < 4.78 is 0. The van der Waals surface area contributed by atoms with Gasteiger partial charge in [-0.2, -0.15) is 0 Å². The number of hydrogen-bond donors (Lipinski definition) is 2. The van der Waals surface area contributed by atoms with Gasteiger partial charge in [-0.1, -0.05) is 9.24 Å². The minimum Gasteiger partial charge on any atom is -0.402 e. The molecule has 0 saturated heterocycles. The van der Waals surface area contributed by atoms with E-state index in [4.69, 9.17) is 11.1 Å². The summed E-state index contributed by atoms with van der Waals surface area (Å²) in [6, 6.07) is 0. The maximum atomic E-state index is 7.34. The molecule has 2 nitrogen and oxygen atoms in total. The van der Waals surface area contributed by atoms with Crippen molar-refractivity contribution in [1.82, 2.24) is 0 Å². The van der Waals surface area contributed by atoms with Gasteiger partial charge in [0.2, 0.25) is 0 Å². The molecule has 1 aliphatic carbocycles. The lowest BCUT2D eigenvalue weighted by Crippen LogP contribution is -2.10. The van der Waals surface area contributed by atoms with E-state index in [1.54, 1.807) is 0 Å². The highest BCUT2D eigenvalue weighted by Gasteiger charge is 2.10. The molecule has 1 atom stereocenters. The fourth-order valence-electron chi connectivity index (χ4n) is 1.24. The summed E-state index contributed by atoms with van der Waals surface area (Å²) in [4.78, 5) is 0. The molecule has 1 aliphatic rings. The summed E-state index contributed by atoms with van der Waals surface area (Å²) in [6.07, 6.45) is 4.35. The van der Waals surface area contributed by atoms with Gasteiger partial charge >= 0.3 is 0 Å². The number of hydrogen-bond acceptors (Lipinski definition) is 2. The number of nitrogens with two attached hydrogens (primary N) is 1. The predicted octanol–water partition coefficient (Wildman–Crippen LogP) is 1.63. The Hall–Kier alpha value is -0.360. The third-order valence-corrected chi connectivity index (χ3v) is 2.18. The molecule has 0 bridgehead atoms. The van der Waals surface area contributed by atoms with E-state index in [0.29, 0.717) is 5.45 Å². The van der Waals surface area contributed by atoms with E-state index < -0.39 is 0 Å². The molecule has 0 amide bonds. The highest BCUT2D eigenvalue weighted by Crippen LogP contribution is 2.23. The third-order valence-electron chi connectivity index (χ3n) is 1.84. The highest BCUT2D eigenvalue weighted by molar-refractivity contribution is 7.41. The van der Waals surface area contributed by atoms with Gasteiger partial charge in [0.1, 0.15) is 0 Å². The van der Waals surface area contributed by atoms with Crippen molar-refractivity contribution in [3.8, 4) is 0 Å². The quantitative estimate of drug-likeness (QED) is 0.440. The number of nitrogens with one attached hydrogen (secondary N) is 1. The van der Waals surface area contributed by atoms with Gasteiger partial charge in [-0.15, -0.1) is 0 Å². The third kappa shape index (κ3) is 1.57. The second-order valence-corrected chi connectivity index (χ2v) is 3.20. The Morgan fingerprint density at radius 3 is 2.40 bits per heavy atom. The van der Waals surface area contributed by atoms with Crippen molar-refractivity contribution in [1.29, 1.82) is 5.41 Å². The Morgan fingerprint density at radius 2 is 2.00 bits per heavy atom. The van der Waals surface area contributed by atoms with Crippen LogP contribution < -0.4 is 5.73 Å². The molecular weight excluding hydrogens is 143 g/mol. The maximum absolute atomic E-state index is 7.34. The van der Waals surface area contributed by atoms with Crippen LogP contribution in [0.5, 0.6) is 0 Å². The number of allylic oxidation sites excluding steroid dienone is 2. The molecule has 1 unspecified atom stereocenters. The fourth-order valence-corrected chi connectivity index (χ4v) is 1.57. The molecule has 0 heterocycles. The summed E-state index contributed by atoms with van der Waals surface area (Å²) in [5.41, 5.74) is 8.25. The van der Waals surface area contributed by atoms with Crippen LogP contribution in [0.4, 0.5) is 0 Å². The summed E-state index contributed by atoms with van der Waals surface area (Å²) in [5.74, 6) is 0. The first-order chi connectivity index (χ1) is 4.72. The van der Waals surface area contributed by atoms with Gasteiger partial charge in [0.05, 0.1) is 5.45 Å². The summed E-state index contributed by atoms with van der Waals surface area (Å²) in [7, 11) is 2.39. The second-order valence-electron chi connectivity index (χ2n) is 2.62. The van der Waals surface area contributed by atoms with Crippen molar-refractivity contribution in [2.75, 3.05) is 0 Å². The van der Waals surface area contributed by atoms with E-state index in [9.17, 15) is 0 Å². The summed E-state index contributed by atoms with van der Waals surface area (Å²) >= 11 is 0. The van der Waals surface area contributed by atoms with E-state index >= 15 is 0 Å². The molecule has 0 aromatic heterocycles. The summed E-state index contributed by atoms with van der Waals surface area (Å²) in [5, 5.41) is 7.34. The largest absolute Gasteiger partial charge is 0.402 e. The lowest BCUT2D eigenvalue weighted by molar-refractivity contribution is 0.683. The SMILES string of the molecule is N=C(P)C1=C(N)CCCC1. The van der Waals surface area contributed by atoms with Crippen LogP contribution in [-0.4, -0.2) is 5.45 Å². The molecule has 1 rings (SSSR count). The molecular formula is C7H13N2P. The summed E-state index contributed by atoms with van der Waals surface area (Å²) in [6.45, 7) is 0. The molecule has 0 aliphatic heterocycles. The molecule has 0 aromatic carbocycles. The topological polar surface area (TPSA) is 49.9 Å². The van der Waals surface area contributed by atoms with Crippen molar-refractivity contribution < 1.29 is 0 Å². The van der Waals surface area contributed by atoms with Crippen LogP contribution in [-0.2, 0) is 0 Å². The van der Waals surface area contributed by atoms with Crippen molar-refractivity contribution in [2.45, 2.75) is 25.7 Å². The first-order valence-electron chi connectivity index (χ1n) is 3.53. The standard InChI is InChI=1S/C7H13N2P/c8-6-4-2-1-3-5(6)7(9)10/h9H,1-4,8,10H2. The monoisotopic (exact) mass is 156 g/mol. The van der Waals surface area contributed by atoms with Crippen LogP contribution in [0.3, 0.4) is 0 Å².